The highest BCUT2D eigenvalue weighted by Crippen LogP contribution is 2.25. The van der Waals surface area contributed by atoms with Crippen LogP contribution < -0.4 is 0 Å². The van der Waals surface area contributed by atoms with Crippen molar-refractivity contribution >= 4 is 15.9 Å². The van der Waals surface area contributed by atoms with Crippen molar-refractivity contribution < 1.29 is 9.47 Å². The molecule has 0 bridgehead atoms. The third-order valence-corrected chi connectivity index (χ3v) is 2.63. The molecular weight excluding hydrogens is 196 g/mol. The summed E-state index contributed by atoms with van der Waals surface area (Å²) < 4.78 is 10.6. The van der Waals surface area contributed by atoms with E-state index in [2.05, 4.69) is 22.9 Å². The van der Waals surface area contributed by atoms with Gasteiger partial charge in [0, 0.05) is 7.11 Å². The Morgan fingerprint density at radius 3 is 2.70 bits per heavy atom. The molecule has 0 N–H and O–H groups in total. The topological polar surface area (TPSA) is 18.5 Å². The Morgan fingerprint density at radius 1 is 1.50 bits per heavy atom. The van der Waals surface area contributed by atoms with Crippen molar-refractivity contribution in [2.75, 3.05) is 7.11 Å². The highest BCUT2D eigenvalue weighted by atomic mass is 79.9. The maximum atomic E-state index is 5.48. The van der Waals surface area contributed by atoms with E-state index in [-0.39, 0.29) is 6.29 Å². The van der Waals surface area contributed by atoms with Crippen LogP contribution in [-0.4, -0.2) is 24.3 Å². The summed E-state index contributed by atoms with van der Waals surface area (Å²) in [4.78, 5) is 0.369. The Bertz CT molecular complexity index is 108. The van der Waals surface area contributed by atoms with Gasteiger partial charge in [-0.1, -0.05) is 15.9 Å². The SMILES string of the molecule is COC1OC(C)CCC1Br. The minimum absolute atomic E-state index is 0.0521. The predicted octanol–water partition coefficient (Wildman–Crippen LogP) is 1.92. The fourth-order valence-electron chi connectivity index (χ4n) is 1.12. The minimum Gasteiger partial charge on any atom is -0.355 e. The van der Waals surface area contributed by atoms with Crippen molar-refractivity contribution in [3.63, 3.8) is 0 Å². The van der Waals surface area contributed by atoms with E-state index in [0.717, 1.165) is 12.8 Å². The lowest BCUT2D eigenvalue weighted by Gasteiger charge is -2.30. The Labute approximate surface area is 70.0 Å². The molecule has 0 aromatic heterocycles. The standard InChI is InChI=1S/C7H13BrO2/c1-5-3-4-6(8)7(9-2)10-5/h5-7H,3-4H2,1-2H3. The van der Waals surface area contributed by atoms with E-state index in [9.17, 15) is 0 Å². The molecule has 0 radical (unpaired) electrons. The number of halogens is 1. The molecule has 0 aliphatic carbocycles. The zero-order valence-electron chi connectivity index (χ0n) is 6.34. The van der Waals surface area contributed by atoms with E-state index in [4.69, 9.17) is 9.47 Å². The van der Waals surface area contributed by atoms with Crippen LogP contribution in [-0.2, 0) is 9.47 Å². The second-order valence-electron chi connectivity index (χ2n) is 2.64. The average molecular weight is 209 g/mol. The number of alkyl halides is 1. The third-order valence-electron chi connectivity index (χ3n) is 1.74. The number of hydrogen-bond acceptors (Lipinski definition) is 2. The Kier molecular flexibility index (Phi) is 3.14. The number of ether oxygens (including phenoxy) is 2. The van der Waals surface area contributed by atoms with Crippen LogP contribution in [0.15, 0.2) is 0 Å². The molecule has 3 heteroatoms. The zero-order valence-corrected chi connectivity index (χ0v) is 7.93. The molecule has 3 atom stereocenters. The van der Waals surface area contributed by atoms with Gasteiger partial charge in [0.2, 0.25) is 0 Å². The van der Waals surface area contributed by atoms with Gasteiger partial charge in [0.05, 0.1) is 10.9 Å². The summed E-state index contributed by atoms with van der Waals surface area (Å²) in [6.07, 6.45) is 2.55. The maximum Gasteiger partial charge on any atom is 0.169 e. The summed E-state index contributed by atoms with van der Waals surface area (Å²) in [5, 5.41) is 0. The van der Waals surface area contributed by atoms with Gasteiger partial charge >= 0.3 is 0 Å². The van der Waals surface area contributed by atoms with Gasteiger partial charge in [-0.15, -0.1) is 0 Å². The molecule has 10 heavy (non-hydrogen) atoms. The average Bonchev–Trinajstić information content (AvgIpc) is 1.94. The molecular formula is C7H13BrO2. The Balaban J connectivity index is 2.38. The number of methoxy groups -OCH3 is 1. The van der Waals surface area contributed by atoms with Crippen LogP contribution in [0, 0.1) is 0 Å². The van der Waals surface area contributed by atoms with E-state index in [1.165, 1.54) is 0 Å². The predicted molar refractivity (Wildman–Crippen MR) is 43.3 cm³/mol. The van der Waals surface area contributed by atoms with Crippen molar-refractivity contribution in [2.45, 2.75) is 37.0 Å². The van der Waals surface area contributed by atoms with Gasteiger partial charge in [0.1, 0.15) is 0 Å². The summed E-state index contributed by atoms with van der Waals surface area (Å²) in [5.74, 6) is 0. The fourth-order valence-corrected chi connectivity index (χ4v) is 1.72. The molecule has 0 aromatic rings. The number of rotatable bonds is 1. The molecule has 0 saturated carbocycles. The first-order chi connectivity index (χ1) is 4.74. The highest BCUT2D eigenvalue weighted by molar-refractivity contribution is 9.09. The first kappa shape index (κ1) is 8.50. The van der Waals surface area contributed by atoms with Crippen molar-refractivity contribution in [1.82, 2.24) is 0 Å². The molecule has 60 valence electrons. The summed E-state index contributed by atoms with van der Waals surface area (Å²) in [5.41, 5.74) is 0. The molecule has 0 spiro atoms. The van der Waals surface area contributed by atoms with E-state index in [1.807, 2.05) is 0 Å². The van der Waals surface area contributed by atoms with Crippen molar-refractivity contribution in [1.29, 1.82) is 0 Å². The van der Waals surface area contributed by atoms with Crippen LogP contribution in [0.5, 0.6) is 0 Å². The lowest BCUT2D eigenvalue weighted by molar-refractivity contribution is -0.169. The minimum atomic E-state index is -0.0521. The summed E-state index contributed by atoms with van der Waals surface area (Å²) in [7, 11) is 1.68. The summed E-state index contributed by atoms with van der Waals surface area (Å²) in [6.45, 7) is 2.07. The summed E-state index contributed by atoms with van der Waals surface area (Å²) >= 11 is 3.49. The molecule has 1 aliphatic heterocycles. The molecule has 0 amide bonds. The molecule has 1 rings (SSSR count). The van der Waals surface area contributed by atoms with Gasteiger partial charge in [0.15, 0.2) is 6.29 Å². The largest absolute Gasteiger partial charge is 0.355 e. The van der Waals surface area contributed by atoms with Gasteiger partial charge in [-0.3, -0.25) is 0 Å². The van der Waals surface area contributed by atoms with E-state index in [0.29, 0.717) is 10.9 Å². The Hall–Kier alpha value is 0.400. The lowest BCUT2D eigenvalue weighted by atomic mass is 10.1. The Morgan fingerprint density at radius 2 is 2.20 bits per heavy atom. The van der Waals surface area contributed by atoms with Crippen LogP contribution in [0.4, 0.5) is 0 Å². The summed E-state index contributed by atoms with van der Waals surface area (Å²) in [6, 6.07) is 0. The van der Waals surface area contributed by atoms with Gasteiger partial charge < -0.3 is 9.47 Å². The van der Waals surface area contributed by atoms with Crippen LogP contribution in [0.3, 0.4) is 0 Å². The fraction of sp³-hybridized carbons (Fsp3) is 1.00. The van der Waals surface area contributed by atoms with Gasteiger partial charge in [0.25, 0.3) is 0 Å². The molecule has 1 fully saturated rings. The van der Waals surface area contributed by atoms with Crippen molar-refractivity contribution in [3.05, 3.63) is 0 Å². The lowest BCUT2D eigenvalue weighted by Crippen LogP contribution is -2.35. The van der Waals surface area contributed by atoms with Crippen LogP contribution >= 0.6 is 15.9 Å². The molecule has 0 aromatic carbocycles. The smallest absolute Gasteiger partial charge is 0.169 e. The van der Waals surface area contributed by atoms with Gasteiger partial charge in [-0.05, 0) is 19.8 Å². The van der Waals surface area contributed by atoms with Gasteiger partial charge in [-0.2, -0.15) is 0 Å². The monoisotopic (exact) mass is 208 g/mol. The first-order valence-electron chi connectivity index (χ1n) is 3.56. The van der Waals surface area contributed by atoms with E-state index < -0.39 is 0 Å². The highest BCUT2D eigenvalue weighted by Gasteiger charge is 2.26. The second kappa shape index (κ2) is 3.69. The van der Waals surface area contributed by atoms with E-state index >= 15 is 0 Å². The quantitative estimate of drug-likeness (QED) is 0.614. The third kappa shape index (κ3) is 1.94. The van der Waals surface area contributed by atoms with Crippen LogP contribution in [0.2, 0.25) is 0 Å². The first-order valence-corrected chi connectivity index (χ1v) is 4.48. The van der Waals surface area contributed by atoms with Crippen molar-refractivity contribution in [2.24, 2.45) is 0 Å². The normalized spacial score (nSPS) is 41.7. The van der Waals surface area contributed by atoms with Crippen LogP contribution in [0.1, 0.15) is 19.8 Å². The number of hydrogen-bond donors (Lipinski definition) is 0. The molecule has 2 nitrogen and oxygen atoms in total. The maximum absolute atomic E-state index is 5.48. The van der Waals surface area contributed by atoms with E-state index in [1.54, 1.807) is 7.11 Å². The zero-order chi connectivity index (χ0) is 7.56. The van der Waals surface area contributed by atoms with Crippen molar-refractivity contribution in [3.8, 4) is 0 Å². The molecule has 1 heterocycles. The molecule has 1 aliphatic rings. The second-order valence-corrected chi connectivity index (χ2v) is 3.82. The molecule has 1 saturated heterocycles. The van der Waals surface area contributed by atoms with Crippen LogP contribution in [0.25, 0.3) is 0 Å². The molecule has 3 unspecified atom stereocenters. The van der Waals surface area contributed by atoms with Gasteiger partial charge in [-0.25, -0.2) is 0 Å².